The van der Waals surface area contributed by atoms with Gasteiger partial charge in [0.25, 0.3) is 5.91 Å². The molecule has 0 saturated carbocycles. The molecule has 18 heavy (non-hydrogen) atoms. The molecule has 0 aliphatic heterocycles. The van der Waals surface area contributed by atoms with Crippen molar-refractivity contribution in [1.29, 1.82) is 0 Å². The Morgan fingerprint density at radius 1 is 1.28 bits per heavy atom. The number of rotatable bonds is 3. The number of hydrogen-bond acceptors (Lipinski definition) is 4. The molecule has 0 bridgehead atoms. The van der Waals surface area contributed by atoms with Crippen LogP contribution in [0.4, 0.5) is 5.69 Å². The maximum Gasteiger partial charge on any atom is 0.270 e. The lowest BCUT2D eigenvalue weighted by Crippen LogP contribution is -2.27. The summed E-state index contributed by atoms with van der Waals surface area (Å²) in [5.41, 5.74) is 7.19. The first-order valence-corrected chi connectivity index (χ1v) is 5.60. The molecule has 3 N–H and O–H groups in total. The zero-order chi connectivity index (χ0) is 13.0. The van der Waals surface area contributed by atoms with Gasteiger partial charge < -0.3 is 11.1 Å². The molecule has 0 aliphatic rings. The second kappa shape index (κ2) is 5.27. The van der Waals surface area contributed by atoms with Crippen LogP contribution in [-0.2, 0) is 0 Å². The van der Waals surface area contributed by atoms with Gasteiger partial charge in [0.1, 0.15) is 5.69 Å². The molecule has 92 valence electrons. The van der Waals surface area contributed by atoms with E-state index >= 15 is 0 Å². The lowest BCUT2D eigenvalue weighted by Gasteiger charge is -2.12. The van der Waals surface area contributed by atoms with Crippen LogP contribution in [-0.4, -0.2) is 15.9 Å². The van der Waals surface area contributed by atoms with Crippen LogP contribution in [0.3, 0.4) is 0 Å². The second-order valence-corrected chi connectivity index (χ2v) is 3.93. The van der Waals surface area contributed by atoms with Crippen LogP contribution in [0.25, 0.3) is 0 Å². The van der Waals surface area contributed by atoms with E-state index in [0.29, 0.717) is 11.4 Å². The Labute approximate surface area is 105 Å². The van der Waals surface area contributed by atoms with Crippen LogP contribution in [0.5, 0.6) is 0 Å². The van der Waals surface area contributed by atoms with Gasteiger partial charge in [0.2, 0.25) is 0 Å². The van der Waals surface area contributed by atoms with Crippen molar-refractivity contribution in [2.75, 3.05) is 5.73 Å². The Kier molecular flexibility index (Phi) is 3.52. The molecule has 0 unspecified atom stereocenters. The Balaban J connectivity index is 2.06. The Hall–Kier alpha value is -2.43. The molecule has 2 heterocycles. The van der Waals surface area contributed by atoms with Gasteiger partial charge in [-0.2, -0.15) is 0 Å². The van der Waals surface area contributed by atoms with Gasteiger partial charge in [-0.1, -0.05) is 6.07 Å². The average molecular weight is 242 g/mol. The summed E-state index contributed by atoms with van der Waals surface area (Å²) >= 11 is 0. The fourth-order valence-electron chi connectivity index (χ4n) is 1.52. The smallest absolute Gasteiger partial charge is 0.270 e. The number of hydrogen-bond donors (Lipinski definition) is 2. The number of pyridine rings is 2. The Morgan fingerprint density at radius 2 is 2.11 bits per heavy atom. The Bertz CT molecular complexity index is 524. The summed E-state index contributed by atoms with van der Waals surface area (Å²) < 4.78 is 0. The van der Waals surface area contributed by atoms with E-state index in [9.17, 15) is 4.79 Å². The highest BCUT2D eigenvalue weighted by Gasteiger charge is 2.12. The monoisotopic (exact) mass is 242 g/mol. The standard InChI is InChI=1S/C13H14N4O/c1-9(11-4-2-3-7-15-11)17-13(18)12-6-5-10(14)8-16-12/h2-9H,14H2,1H3,(H,17,18)/t9-/m1/s1. The normalized spacial score (nSPS) is 11.8. The summed E-state index contributed by atoms with van der Waals surface area (Å²) in [6, 6.07) is 8.65. The van der Waals surface area contributed by atoms with Gasteiger partial charge in [-0.15, -0.1) is 0 Å². The average Bonchev–Trinajstić information content (AvgIpc) is 2.40. The fourth-order valence-corrected chi connectivity index (χ4v) is 1.52. The highest BCUT2D eigenvalue weighted by molar-refractivity contribution is 5.92. The highest BCUT2D eigenvalue weighted by Crippen LogP contribution is 2.09. The molecule has 2 aromatic rings. The van der Waals surface area contributed by atoms with Crippen molar-refractivity contribution in [3.63, 3.8) is 0 Å². The first-order valence-electron chi connectivity index (χ1n) is 5.60. The lowest BCUT2D eigenvalue weighted by atomic mass is 10.2. The fraction of sp³-hybridized carbons (Fsp3) is 0.154. The molecule has 0 spiro atoms. The van der Waals surface area contributed by atoms with Crippen molar-refractivity contribution in [3.8, 4) is 0 Å². The lowest BCUT2D eigenvalue weighted by molar-refractivity contribution is 0.0934. The minimum atomic E-state index is -0.242. The molecule has 5 nitrogen and oxygen atoms in total. The van der Waals surface area contributed by atoms with Crippen molar-refractivity contribution in [1.82, 2.24) is 15.3 Å². The summed E-state index contributed by atoms with van der Waals surface area (Å²) in [6.07, 6.45) is 3.15. The van der Waals surface area contributed by atoms with E-state index in [0.717, 1.165) is 5.69 Å². The molecular weight excluding hydrogens is 228 g/mol. The van der Waals surface area contributed by atoms with Crippen LogP contribution in [0.15, 0.2) is 42.7 Å². The molecule has 1 atom stereocenters. The third kappa shape index (κ3) is 2.82. The van der Waals surface area contributed by atoms with E-state index in [1.807, 2.05) is 25.1 Å². The summed E-state index contributed by atoms with van der Waals surface area (Å²) in [5.74, 6) is -0.242. The highest BCUT2D eigenvalue weighted by atomic mass is 16.1. The van der Waals surface area contributed by atoms with Crippen LogP contribution in [0, 0.1) is 0 Å². The third-order valence-corrected chi connectivity index (χ3v) is 2.50. The molecule has 0 radical (unpaired) electrons. The van der Waals surface area contributed by atoms with E-state index < -0.39 is 0 Å². The second-order valence-electron chi connectivity index (χ2n) is 3.93. The van der Waals surface area contributed by atoms with Gasteiger partial charge >= 0.3 is 0 Å². The van der Waals surface area contributed by atoms with E-state index in [2.05, 4.69) is 15.3 Å². The predicted molar refractivity (Wildman–Crippen MR) is 68.8 cm³/mol. The zero-order valence-electron chi connectivity index (χ0n) is 10.00. The van der Waals surface area contributed by atoms with Crippen molar-refractivity contribution in [2.24, 2.45) is 0 Å². The minimum Gasteiger partial charge on any atom is -0.397 e. The van der Waals surface area contributed by atoms with Crippen molar-refractivity contribution in [2.45, 2.75) is 13.0 Å². The maximum atomic E-state index is 11.9. The van der Waals surface area contributed by atoms with Crippen molar-refractivity contribution in [3.05, 3.63) is 54.1 Å². The predicted octanol–water partition coefficient (Wildman–Crippen LogP) is 1.55. The van der Waals surface area contributed by atoms with Gasteiger partial charge in [-0.05, 0) is 31.2 Å². The van der Waals surface area contributed by atoms with E-state index in [4.69, 9.17) is 5.73 Å². The molecule has 1 amide bonds. The molecule has 5 heteroatoms. The summed E-state index contributed by atoms with van der Waals surface area (Å²) in [4.78, 5) is 20.0. The number of anilines is 1. The number of nitrogen functional groups attached to an aromatic ring is 1. The van der Waals surface area contributed by atoms with Gasteiger partial charge in [0.15, 0.2) is 0 Å². The van der Waals surface area contributed by atoms with Crippen LogP contribution >= 0.6 is 0 Å². The van der Waals surface area contributed by atoms with Crippen molar-refractivity contribution >= 4 is 11.6 Å². The van der Waals surface area contributed by atoms with Crippen molar-refractivity contribution < 1.29 is 4.79 Å². The van der Waals surface area contributed by atoms with Crippen LogP contribution < -0.4 is 11.1 Å². The third-order valence-electron chi connectivity index (χ3n) is 2.50. The van der Waals surface area contributed by atoms with Crippen LogP contribution in [0.2, 0.25) is 0 Å². The number of carbonyl (C=O) groups is 1. The number of nitrogens with one attached hydrogen (secondary N) is 1. The molecule has 0 aromatic carbocycles. The van der Waals surface area contributed by atoms with Gasteiger partial charge in [0.05, 0.1) is 23.6 Å². The van der Waals surface area contributed by atoms with Gasteiger partial charge in [0, 0.05) is 6.20 Å². The summed E-state index contributed by atoms with van der Waals surface area (Å²) in [5, 5.41) is 2.83. The van der Waals surface area contributed by atoms with E-state index in [1.54, 1.807) is 18.3 Å². The molecular formula is C13H14N4O. The maximum absolute atomic E-state index is 11.9. The molecule has 0 saturated heterocycles. The SMILES string of the molecule is C[C@@H](NC(=O)c1ccc(N)cn1)c1ccccn1. The first-order chi connectivity index (χ1) is 8.66. The number of nitrogens with two attached hydrogens (primary N) is 1. The van der Waals surface area contributed by atoms with Gasteiger partial charge in [-0.3, -0.25) is 9.78 Å². The molecule has 0 aliphatic carbocycles. The summed E-state index contributed by atoms with van der Waals surface area (Å²) in [6.45, 7) is 1.87. The number of nitrogens with zero attached hydrogens (tertiary/aromatic N) is 2. The molecule has 2 rings (SSSR count). The largest absolute Gasteiger partial charge is 0.397 e. The Morgan fingerprint density at radius 3 is 2.72 bits per heavy atom. The number of carbonyl (C=O) groups excluding carboxylic acids is 1. The minimum absolute atomic E-state index is 0.168. The summed E-state index contributed by atoms with van der Waals surface area (Å²) in [7, 11) is 0. The van der Waals surface area contributed by atoms with Crippen LogP contribution in [0.1, 0.15) is 29.1 Å². The number of amides is 1. The zero-order valence-corrected chi connectivity index (χ0v) is 10.00. The molecule has 2 aromatic heterocycles. The number of aromatic nitrogens is 2. The topological polar surface area (TPSA) is 80.9 Å². The quantitative estimate of drug-likeness (QED) is 0.855. The molecule has 0 fully saturated rings. The van der Waals surface area contributed by atoms with Gasteiger partial charge in [-0.25, -0.2) is 4.98 Å². The van der Waals surface area contributed by atoms with E-state index in [-0.39, 0.29) is 11.9 Å². The first kappa shape index (κ1) is 12.0. The van der Waals surface area contributed by atoms with E-state index in [1.165, 1.54) is 6.20 Å².